The first-order valence-corrected chi connectivity index (χ1v) is 11.5. The maximum Gasteiger partial charge on any atom is 0.261 e. The van der Waals surface area contributed by atoms with E-state index in [1.807, 2.05) is 24.3 Å². The fourth-order valence-electron chi connectivity index (χ4n) is 7.45. The summed E-state index contributed by atoms with van der Waals surface area (Å²) >= 11 is 0. The highest BCUT2D eigenvalue weighted by Gasteiger charge is 2.52. The number of hydrogen-bond donors (Lipinski definition) is 0. The van der Waals surface area contributed by atoms with E-state index in [1.54, 1.807) is 0 Å². The molecule has 4 bridgehead atoms. The number of benzene rings is 2. The van der Waals surface area contributed by atoms with Crippen LogP contribution in [-0.2, 0) is 12.0 Å². The Kier molecular flexibility index (Phi) is 3.52. The van der Waals surface area contributed by atoms with Crippen LogP contribution in [0.4, 0.5) is 0 Å². The number of ether oxygens (including phenoxy) is 2. The Bertz CT molecular complexity index is 1100. The Balaban J connectivity index is 1.20. The van der Waals surface area contributed by atoms with Crippen molar-refractivity contribution in [1.29, 1.82) is 0 Å². The monoisotopic (exact) mass is 415 g/mol. The van der Waals surface area contributed by atoms with Crippen LogP contribution >= 0.6 is 0 Å². The van der Waals surface area contributed by atoms with Crippen molar-refractivity contribution in [2.45, 2.75) is 50.5 Å². The molecular formula is C26H25NO4. The Labute approximate surface area is 181 Å². The summed E-state index contributed by atoms with van der Waals surface area (Å²) in [7, 11) is 0. The quantitative estimate of drug-likeness (QED) is 0.683. The van der Waals surface area contributed by atoms with Crippen LogP contribution in [0.1, 0.15) is 70.4 Å². The molecule has 0 unspecified atom stereocenters. The molecule has 4 aliphatic carbocycles. The summed E-state index contributed by atoms with van der Waals surface area (Å²) in [6, 6.07) is 11.7. The van der Waals surface area contributed by atoms with Crippen molar-refractivity contribution in [3.05, 3.63) is 58.7 Å². The van der Waals surface area contributed by atoms with Gasteiger partial charge in [-0.3, -0.25) is 14.5 Å². The van der Waals surface area contributed by atoms with E-state index in [0.29, 0.717) is 22.6 Å². The van der Waals surface area contributed by atoms with Crippen LogP contribution < -0.4 is 9.47 Å². The number of fused-ring (bicyclic) bond motifs is 2. The minimum atomic E-state index is -0.199. The van der Waals surface area contributed by atoms with Gasteiger partial charge in [0, 0.05) is 0 Å². The molecule has 2 heterocycles. The van der Waals surface area contributed by atoms with Gasteiger partial charge in [-0.05, 0) is 97.1 Å². The maximum absolute atomic E-state index is 13.3. The van der Waals surface area contributed by atoms with Crippen molar-refractivity contribution >= 4 is 11.8 Å². The average Bonchev–Trinajstić information content (AvgIpc) is 3.31. The van der Waals surface area contributed by atoms with Crippen molar-refractivity contribution < 1.29 is 19.1 Å². The minimum Gasteiger partial charge on any atom is -0.454 e. The van der Waals surface area contributed by atoms with Gasteiger partial charge >= 0.3 is 0 Å². The van der Waals surface area contributed by atoms with Gasteiger partial charge in [0.2, 0.25) is 6.79 Å². The van der Waals surface area contributed by atoms with Crippen molar-refractivity contribution in [2.24, 2.45) is 17.8 Å². The van der Waals surface area contributed by atoms with E-state index >= 15 is 0 Å². The van der Waals surface area contributed by atoms with Crippen LogP contribution in [0.2, 0.25) is 0 Å². The lowest BCUT2D eigenvalue weighted by Gasteiger charge is -2.57. The zero-order chi connectivity index (χ0) is 20.7. The molecule has 8 rings (SSSR count). The molecule has 5 nitrogen and oxygen atoms in total. The van der Waals surface area contributed by atoms with E-state index in [1.165, 1.54) is 49.0 Å². The maximum atomic E-state index is 13.3. The SMILES string of the molecule is O=C1c2ccc(C34CC5CC(CC(C5)C3)C4)cc2C(=O)N1Cc1ccc2c(c1)OCO2. The molecule has 5 heteroatoms. The molecule has 4 saturated carbocycles. The van der Waals surface area contributed by atoms with Gasteiger partial charge in [-0.25, -0.2) is 0 Å². The summed E-state index contributed by atoms with van der Waals surface area (Å²) in [6.07, 6.45) is 7.93. The lowest BCUT2D eigenvalue weighted by atomic mass is 9.48. The minimum absolute atomic E-state index is 0.177. The van der Waals surface area contributed by atoms with Gasteiger partial charge in [0.05, 0.1) is 17.7 Å². The summed E-state index contributed by atoms with van der Waals surface area (Å²) < 4.78 is 10.8. The van der Waals surface area contributed by atoms with Crippen LogP contribution in [0, 0.1) is 17.8 Å². The first-order valence-electron chi connectivity index (χ1n) is 11.5. The topological polar surface area (TPSA) is 55.8 Å². The third kappa shape index (κ3) is 2.55. The fraction of sp³-hybridized carbons (Fsp3) is 0.462. The van der Waals surface area contributed by atoms with Crippen LogP contribution in [0.25, 0.3) is 0 Å². The highest BCUT2D eigenvalue weighted by molar-refractivity contribution is 6.21. The van der Waals surface area contributed by atoms with Gasteiger partial charge in [-0.1, -0.05) is 12.1 Å². The number of hydrogen-bond acceptors (Lipinski definition) is 4. The van der Waals surface area contributed by atoms with Crippen molar-refractivity contribution in [3.8, 4) is 11.5 Å². The molecule has 0 radical (unpaired) electrons. The first-order chi connectivity index (χ1) is 15.1. The lowest BCUT2D eigenvalue weighted by molar-refractivity contribution is -0.00520. The third-order valence-electron chi connectivity index (χ3n) is 8.40. The molecule has 2 amide bonds. The van der Waals surface area contributed by atoms with Crippen LogP contribution in [0.15, 0.2) is 36.4 Å². The number of nitrogens with zero attached hydrogens (tertiary/aromatic N) is 1. The van der Waals surface area contributed by atoms with Gasteiger partial charge in [0.15, 0.2) is 11.5 Å². The first kappa shape index (κ1) is 17.8. The Morgan fingerprint density at radius 2 is 1.48 bits per heavy atom. The van der Waals surface area contributed by atoms with E-state index in [0.717, 1.165) is 23.3 Å². The van der Waals surface area contributed by atoms with Gasteiger partial charge in [0.1, 0.15) is 0 Å². The van der Waals surface area contributed by atoms with Crippen molar-refractivity contribution in [1.82, 2.24) is 4.90 Å². The summed E-state index contributed by atoms with van der Waals surface area (Å²) in [5.74, 6) is 3.53. The summed E-state index contributed by atoms with van der Waals surface area (Å²) in [5, 5.41) is 0. The smallest absolute Gasteiger partial charge is 0.261 e. The second kappa shape index (κ2) is 6.12. The molecule has 2 aromatic rings. The van der Waals surface area contributed by atoms with Crippen LogP contribution in [0.3, 0.4) is 0 Å². The standard InChI is InChI=1S/C26H25NO4/c28-24-20-3-2-19(26-10-16-5-17(11-26)7-18(6-16)12-26)9-21(20)25(29)27(24)13-15-1-4-22-23(8-15)31-14-30-22/h1-4,8-9,16-18H,5-7,10-14H2. The lowest BCUT2D eigenvalue weighted by Crippen LogP contribution is -2.48. The van der Waals surface area contributed by atoms with Crippen LogP contribution in [-0.4, -0.2) is 23.5 Å². The molecule has 31 heavy (non-hydrogen) atoms. The largest absolute Gasteiger partial charge is 0.454 e. The molecule has 2 aliphatic heterocycles. The predicted octanol–water partition coefficient (Wildman–Crippen LogP) is 4.68. The third-order valence-corrected chi connectivity index (χ3v) is 8.40. The van der Waals surface area contributed by atoms with E-state index in [9.17, 15) is 9.59 Å². The number of carbonyl (C=O) groups excluding carboxylic acids is 2. The van der Waals surface area contributed by atoms with Gasteiger partial charge in [0.25, 0.3) is 11.8 Å². The highest BCUT2D eigenvalue weighted by atomic mass is 16.7. The molecular weight excluding hydrogens is 390 g/mol. The number of carbonyl (C=O) groups is 2. The zero-order valence-electron chi connectivity index (χ0n) is 17.4. The molecule has 2 aromatic carbocycles. The van der Waals surface area contributed by atoms with Crippen molar-refractivity contribution in [3.63, 3.8) is 0 Å². The van der Waals surface area contributed by atoms with Gasteiger partial charge < -0.3 is 9.47 Å². The van der Waals surface area contributed by atoms with E-state index in [2.05, 4.69) is 12.1 Å². The fourth-order valence-corrected chi connectivity index (χ4v) is 7.45. The Morgan fingerprint density at radius 1 is 0.806 bits per heavy atom. The normalized spacial score (nSPS) is 32.1. The molecule has 0 N–H and O–H groups in total. The highest BCUT2D eigenvalue weighted by Crippen LogP contribution is 2.60. The van der Waals surface area contributed by atoms with Crippen LogP contribution in [0.5, 0.6) is 11.5 Å². The molecule has 158 valence electrons. The predicted molar refractivity (Wildman–Crippen MR) is 113 cm³/mol. The molecule has 6 aliphatic rings. The summed E-state index contributed by atoms with van der Waals surface area (Å²) in [6.45, 7) is 0.453. The molecule has 0 aromatic heterocycles. The van der Waals surface area contributed by atoms with E-state index < -0.39 is 0 Å². The second-order valence-corrected chi connectivity index (χ2v) is 10.3. The molecule has 0 atom stereocenters. The Morgan fingerprint density at radius 3 is 2.23 bits per heavy atom. The Hall–Kier alpha value is -2.82. The number of imide groups is 1. The van der Waals surface area contributed by atoms with Gasteiger partial charge in [-0.15, -0.1) is 0 Å². The second-order valence-electron chi connectivity index (χ2n) is 10.3. The molecule has 4 fully saturated rings. The zero-order valence-corrected chi connectivity index (χ0v) is 17.4. The summed E-state index contributed by atoms with van der Waals surface area (Å²) in [5.41, 5.74) is 3.49. The number of rotatable bonds is 3. The van der Waals surface area contributed by atoms with Gasteiger partial charge in [-0.2, -0.15) is 0 Å². The number of amides is 2. The average molecular weight is 415 g/mol. The van der Waals surface area contributed by atoms with E-state index in [4.69, 9.17) is 9.47 Å². The molecule has 0 spiro atoms. The molecule has 0 saturated heterocycles. The van der Waals surface area contributed by atoms with E-state index in [-0.39, 0.29) is 30.6 Å². The van der Waals surface area contributed by atoms with Crippen molar-refractivity contribution in [2.75, 3.05) is 6.79 Å². The summed E-state index contributed by atoms with van der Waals surface area (Å²) in [4.78, 5) is 27.7.